The van der Waals surface area contributed by atoms with Crippen LogP contribution in [-0.4, -0.2) is 11.8 Å². The Morgan fingerprint density at radius 2 is 1.61 bits per heavy atom. The van der Waals surface area contributed by atoms with E-state index in [2.05, 4.69) is 10.9 Å². The average Bonchev–Trinajstić information content (AvgIpc) is 2.51. The average molecular weight is 312 g/mol. The fourth-order valence-corrected chi connectivity index (χ4v) is 5.49. The van der Waals surface area contributed by atoms with Crippen molar-refractivity contribution in [2.24, 2.45) is 23.2 Å². The molecule has 4 aliphatic rings. The van der Waals surface area contributed by atoms with E-state index in [0.29, 0.717) is 5.56 Å². The molecule has 1 aromatic carbocycles. The molecule has 4 aliphatic carbocycles. The predicted octanol–water partition coefficient (Wildman–Crippen LogP) is 2.97. The number of benzene rings is 1. The molecule has 0 spiro atoms. The second kappa shape index (κ2) is 5.36. The van der Waals surface area contributed by atoms with Crippen LogP contribution < -0.4 is 10.9 Å². The first-order valence-electron chi connectivity index (χ1n) is 8.71. The van der Waals surface area contributed by atoms with E-state index >= 15 is 0 Å². The summed E-state index contributed by atoms with van der Waals surface area (Å²) < 4.78 is 0. The highest BCUT2D eigenvalue weighted by Gasteiger charge is 2.54. The maximum atomic E-state index is 12.8. The molecule has 0 radical (unpaired) electrons. The SMILES string of the molecule is Cc1cccc(C(=O)NNC(=O)C23CC4CC(CC(C4)C2)C3)c1. The molecule has 0 unspecified atom stereocenters. The second-order valence-corrected chi connectivity index (χ2v) is 7.98. The van der Waals surface area contributed by atoms with Crippen LogP contribution in [0.1, 0.15) is 54.4 Å². The maximum absolute atomic E-state index is 12.8. The van der Waals surface area contributed by atoms with Crippen LogP contribution in [0.15, 0.2) is 24.3 Å². The van der Waals surface area contributed by atoms with Crippen molar-refractivity contribution < 1.29 is 9.59 Å². The van der Waals surface area contributed by atoms with Gasteiger partial charge in [0.1, 0.15) is 0 Å². The first-order chi connectivity index (χ1) is 11.0. The minimum Gasteiger partial charge on any atom is -0.273 e. The van der Waals surface area contributed by atoms with Crippen molar-refractivity contribution >= 4 is 11.8 Å². The minimum atomic E-state index is -0.244. The minimum absolute atomic E-state index is 0.0256. The zero-order valence-corrected chi connectivity index (χ0v) is 13.6. The molecule has 0 aliphatic heterocycles. The zero-order valence-electron chi connectivity index (χ0n) is 13.6. The summed E-state index contributed by atoms with van der Waals surface area (Å²) in [5, 5.41) is 0. The molecular formula is C19H24N2O2. The molecule has 4 heteroatoms. The van der Waals surface area contributed by atoms with Gasteiger partial charge in [0.05, 0.1) is 5.41 Å². The number of nitrogens with one attached hydrogen (secondary N) is 2. The normalized spacial score (nSPS) is 34.2. The summed E-state index contributed by atoms with van der Waals surface area (Å²) >= 11 is 0. The van der Waals surface area contributed by atoms with Crippen LogP contribution in [0, 0.1) is 30.1 Å². The number of rotatable bonds is 2. The molecule has 4 nitrogen and oxygen atoms in total. The Morgan fingerprint density at radius 1 is 1.00 bits per heavy atom. The van der Waals surface area contributed by atoms with Crippen molar-refractivity contribution in [3.8, 4) is 0 Å². The number of carbonyl (C=O) groups excluding carboxylic acids is 2. The van der Waals surface area contributed by atoms with Gasteiger partial charge in [0.2, 0.25) is 5.91 Å². The topological polar surface area (TPSA) is 58.2 Å². The quantitative estimate of drug-likeness (QED) is 0.825. The highest BCUT2D eigenvalue weighted by atomic mass is 16.2. The van der Waals surface area contributed by atoms with E-state index < -0.39 is 0 Å². The van der Waals surface area contributed by atoms with Crippen LogP contribution in [-0.2, 0) is 4.79 Å². The Bertz CT molecular complexity index is 617. The molecular weight excluding hydrogens is 288 g/mol. The van der Waals surface area contributed by atoms with Crippen LogP contribution in [0.25, 0.3) is 0 Å². The van der Waals surface area contributed by atoms with E-state index in [4.69, 9.17) is 0 Å². The second-order valence-electron chi connectivity index (χ2n) is 7.98. The molecule has 2 amide bonds. The van der Waals surface area contributed by atoms with Crippen molar-refractivity contribution in [2.75, 3.05) is 0 Å². The van der Waals surface area contributed by atoms with Gasteiger partial charge in [-0.1, -0.05) is 17.7 Å². The zero-order chi connectivity index (χ0) is 16.0. The van der Waals surface area contributed by atoms with E-state index in [1.54, 1.807) is 6.07 Å². The Balaban J connectivity index is 1.41. The van der Waals surface area contributed by atoms with Crippen LogP contribution >= 0.6 is 0 Å². The van der Waals surface area contributed by atoms with E-state index in [1.165, 1.54) is 19.3 Å². The predicted molar refractivity (Wildman–Crippen MR) is 87.4 cm³/mol. The van der Waals surface area contributed by atoms with Crippen LogP contribution in [0.2, 0.25) is 0 Å². The monoisotopic (exact) mass is 312 g/mol. The molecule has 4 fully saturated rings. The number of hydrogen-bond donors (Lipinski definition) is 2. The van der Waals surface area contributed by atoms with Crippen LogP contribution in [0.4, 0.5) is 0 Å². The summed E-state index contributed by atoms with van der Waals surface area (Å²) in [6.07, 6.45) is 6.94. The Kier molecular flexibility index (Phi) is 3.43. The molecule has 1 aromatic rings. The van der Waals surface area contributed by atoms with Gasteiger partial charge in [0.25, 0.3) is 5.91 Å². The van der Waals surface area contributed by atoms with Gasteiger partial charge < -0.3 is 0 Å². The molecule has 4 bridgehead atoms. The summed E-state index contributed by atoms with van der Waals surface area (Å²) in [6, 6.07) is 7.39. The molecule has 122 valence electrons. The summed E-state index contributed by atoms with van der Waals surface area (Å²) in [4.78, 5) is 25.0. The van der Waals surface area contributed by atoms with E-state index in [-0.39, 0.29) is 17.2 Å². The third kappa shape index (κ3) is 2.64. The van der Waals surface area contributed by atoms with Crippen LogP contribution in [0.5, 0.6) is 0 Å². The molecule has 23 heavy (non-hydrogen) atoms. The van der Waals surface area contributed by atoms with E-state index in [9.17, 15) is 9.59 Å². The van der Waals surface area contributed by atoms with Gasteiger partial charge in [-0.2, -0.15) is 0 Å². The van der Waals surface area contributed by atoms with Gasteiger partial charge in [0, 0.05) is 5.56 Å². The summed E-state index contributed by atoms with van der Waals surface area (Å²) in [6.45, 7) is 1.95. The van der Waals surface area contributed by atoms with E-state index in [0.717, 1.165) is 42.6 Å². The van der Waals surface area contributed by atoms with Gasteiger partial charge in [-0.25, -0.2) is 0 Å². The van der Waals surface area contributed by atoms with Gasteiger partial charge in [-0.05, 0) is 75.3 Å². The third-order valence-electron chi connectivity index (χ3n) is 6.09. The van der Waals surface area contributed by atoms with Crippen LogP contribution in [0.3, 0.4) is 0 Å². The summed E-state index contributed by atoms with van der Waals surface area (Å²) in [5.74, 6) is 1.95. The maximum Gasteiger partial charge on any atom is 0.269 e. The molecule has 5 rings (SSSR count). The van der Waals surface area contributed by atoms with Crippen molar-refractivity contribution in [3.05, 3.63) is 35.4 Å². The van der Waals surface area contributed by atoms with Gasteiger partial charge in [0.15, 0.2) is 0 Å². The standard InChI is InChI=1S/C19H24N2O2/c1-12-3-2-4-16(5-12)17(22)20-21-18(23)19-9-13-6-14(10-19)8-15(7-13)11-19/h2-5,13-15H,6-11H2,1H3,(H,20,22)(H,21,23). The third-order valence-corrected chi connectivity index (χ3v) is 6.09. The smallest absolute Gasteiger partial charge is 0.269 e. The van der Waals surface area contributed by atoms with Gasteiger partial charge in [-0.3, -0.25) is 20.4 Å². The lowest BCUT2D eigenvalue weighted by Gasteiger charge is -2.55. The van der Waals surface area contributed by atoms with Gasteiger partial charge in [-0.15, -0.1) is 0 Å². The lowest BCUT2D eigenvalue weighted by molar-refractivity contribution is -0.147. The molecule has 0 heterocycles. The highest BCUT2D eigenvalue weighted by Crippen LogP contribution is 2.59. The highest BCUT2D eigenvalue weighted by molar-refractivity contribution is 5.96. The van der Waals surface area contributed by atoms with Crippen molar-refractivity contribution in [3.63, 3.8) is 0 Å². The summed E-state index contributed by atoms with van der Waals surface area (Å²) in [7, 11) is 0. The number of carbonyl (C=O) groups is 2. The largest absolute Gasteiger partial charge is 0.273 e. The molecule has 2 N–H and O–H groups in total. The molecule has 0 saturated heterocycles. The Labute approximate surface area is 137 Å². The first-order valence-corrected chi connectivity index (χ1v) is 8.71. The first kappa shape index (κ1) is 14.7. The molecule has 0 aromatic heterocycles. The number of hydrazine groups is 1. The van der Waals surface area contributed by atoms with E-state index in [1.807, 2.05) is 25.1 Å². The van der Waals surface area contributed by atoms with Crippen molar-refractivity contribution in [2.45, 2.75) is 45.4 Å². The van der Waals surface area contributed by atoms with Crippen molar-refractivity contribution in [1.82, 2.24) is 10.9 Å². The number of amides is 2. The molecule has 0 atom stereocenters. The van der Waals surface area contributed by atoms with Crippen molar-refractivity contribution in [1.29, 1.82) is 0 Å². The fraction of sp³-hybridized carbons (Fsp3) is 0.579. The Morgan fingerprint density at radius 3 is 2.17 bits per heavy atom. The lowest BCUT2D eigenvalue weighted by atomic mass is 9.49. The summed E-state index contributed by atoms with van der Waals surface area (Å²) in [5.41, 5.74) is 6.72. The van der Waals surface area contributed by atoms with Gasteiger partial charge >= 0.3 is 0 Å². The lowest BCUT2D eigenvalue weighted by Crippen LogP contribution is -2.56. The Hall–Kier alpha value is -1.84. The number of hydrogen-bond acceptors (Lipinski definition) is 2. The molecule has 4 saturated carbocycles. The fourth-order valence-electron chi connectivity index (χ4n) is 5.49. The number of aryl methyl sites for hydroxylation is 1.